The van der Waals surface area contributed by atoms with Crippen molar-refractivity contribution in [2.75, 3.05) is 0 Å². The van der Waals surface area contributed by atoms with Gasteiger partial charge in [-0.3, -0.25) is 28.8 Å². The van der Waals surface area contributed by atoms with Gasteiger partial charge in [-0.15, -0.1) is 0 Å². The average molecular weight is 1870 g/mol. The van der Waals surface area contributed by atoms with E-state index in [9.17, 15) is 64.2 Å². The lowest BCUT2D eigenvalue weighted by molar-refractivity contribution is -0.288. The van der Waals surface area contributed by atoms with Crippen molar-refractivity contribution >= 4 is 42.4 Å². The Labute approximate surface area is 817 Å². The fraction of sp³-hybridized carbons (Fsp3) is 0.925. The molecule has 15 nitrogen and oxygen atoms in total. The number of hydrogen-bond acceptors (Lipinski definition) is 15. The molecule has 0 saturated heterocycles. The van der Waals surface area contributed by atoms with E-state index in [1.165, 1.54) is 25.5 Å². The molecule has 20 rings (SSSR count). The molecule has 20 aliphatic rings. The average Bonchev–Trinajstić information content (AvgIpc) is 0.682. The van der Waals surface area contributed by atoms with E-state index in [1.54, 1.807) is 0 Å². The van der Waals surface area contributed by atoms with Crippen molar-refractivity contribution in [1.29, 1.82) is 0 Å². The Morgan fingerprint density at radius 2 is 0.674 bits per heavy atom. The molecule has 0 spiro atoms. The molecule has 36 atom stereocenters. The first-order valence-electron chi connectivity index (χ1n) is 55.7. The largest absolute Gasteiger partial charge is 0.515 e. The van der Waals surface area contributed by atoms with E-state index in [-0.39, 0.29) is 192 Å². The maximum absolute atomic E-state index is 14.3. The van der Waals surface area contributed by atoms with Gasteiger partial charge in [0.15, 0.2) is 5.78 Å². The summed E-state index contributed by atoms with van der Waals surface area (Å²) in [7, 11) is 0. The van der Waals surface area contributed by atoms with Crippen molar-refractivity contribution < 1.29 is 73.7 Å². The standard InChI is InChI=1S/C30H50O4.2C30H46O4.C30H50O3/c2*1-25(2)12-14-30(34-18-31)15-13-29(7)24(19(30)17-25)20(32)16-22-27(5)10-9-23(33)26(3,4)21(27)8-11-28(22,29)6;1-25(2)10-12-30(34)13-11-29(7)23(19(30)16-25)20(32)14-22-27(5)15-18(17-31)24(33)26(3,4)21(27)8-9-28(22,29)6;1-25(2)12-14-30(18-31)15-13-29(7)24(19(30)17-25)20(32)16-22-27(5)10-9-23(33)26(3,4)21(27)8-11-28(22,29)6/h18-24,32-33H,8-17H2,1-7H3;18-19,21-22,24H,8-17H2,1-7H3;17,19,21-23,31,34H,8-16H2,1-7H3;18-24,32-33H,8-17H2,1-7H3/b;;18-17+;/t19-,20+,21-,22+,23-,24-,27-,28+,29+,30-;19-,21-,22+,24-,27-,28+,29+,30-;19-,21-,22+,23-,27-,28+,29+,30-;19-,20+,21-,22+,23-,24-,27-,28+,29+,30+/m0000/s1. The summed E-state index contributed by atoms with van der Waals surface area (Å²) in [6, 6.07) is 0. The van der Waals surface area contributed by atoms with Crippen molar-refractivity contribution in [2.24, 2.45) is 208 Å². The number of Topliss-reactive ketones (excluding diaryl/α,β-unsaturated/α-hetero) is 4. The van der Waals surface area contributed by atoms with Gasteiger partial charge in [-0.05, 0) is 400 Å². The number of allylic oxidation sites excluding steroid dienone is 1. The summed E-state index contributed by atoms with van der Waals surface area (Å²) < 4.78 is 12.0. The number of hydrogen-bond donors (Lipinski definition) is 6. The van der Waals surface area contributed by atoms with E-state index >= 15 is 0 Å². The van der Waals surface area contributed by atoms with Gasteiger partial charge in [-0.2, -0.15) is 0 Å². The zero-order valence-corrected chi connectivity index (χ0v) is 90.3. The van der Waals surface area contributed by atoms with Crippen molar-refractivity contribution in [3.8, 4) is 0 Å². The van der Waals surface area contributed by atoms with Crippen LogP contribution in [0.5, 0.6) is 0 Å². The van der Waals surface area contributed by atoms with Crippen molar-refractivity contribution in [2.45, 2.75) is 485 Å². The molecule has 6 N–H and O–H groups in total. The molecule has 0 aliphatic heterocycles. The van der Waals surface area contributed by atoms with Crippen LogP contribution < -0.4 is 0 Å². The highest BCUT2D eigenvalue weighted by Crippen LogP contribution is 2.83. The first-order chi connectivity index (χ1) is 62.1. The second-order valence-corrected chi connectivity index (χ2v) is 61.1. The van der Waals surface area contributed by atoms with E-state index in [2.05, 4.69) is 180 Å². The molecular weight excluding hydrogens is 1680 g/mol. The van der Waals surface area contributed by atoms with Crippen LogP contribution >= 0.6 is 0 Å². The van der Waals surface area contributed by atoms with Crippen LogP contribution in [0.2, 0.25) is 0 Å². The van der Waals surface area contributed by atoms with E-state index in [0.717, 1.165) is 212 Å². The summed E-state index contributed by atoms with van der Waals surface area (Å²) >= 11 is 0. The Kier molecular flexibility index (Phi) is 24.7. The number of ether oxygens (including phenoxy) is 2. The smallest absolute Gasteiger partial charge is 0.293 e. The number of fused-ring (bicyclic) bond motifs is 28. The van der Waals surface area contributed by atoms with Gasteiger partial charge in [0.1, 0.15) is 34.8 Å². The van der Waals surface area contributed by atoms with Crippen molar-refractivity contribution in [1.82, 2.24) is 0 Å². The van der Waals surface area contributed by atoms with Crippen LogP contribution in [0.4, 0.5) is 0 Å². The van der Waals surface area contributed by atoms with E-state index < -0.39 is 22.2 Å². The summed E-state index contributed by atoms with van der Waals surface area (Å²) in [5.41, 5.74) is -1.16. The first-order valence-corrected chi connectivity index (χ1v) is 55.7. The number of ketones is 4. The Bertz CT molecular complexity index is 4680. The lowest BCUT2D eigenvalue weighted by Gasteiger charge is -2.74. The molecule has 0 amide bonds. The van der Waals surface area contributed by atoms with E-state index in [1.807, 2.05) is 13.8 Å². The molecule has 15 heteroatoms. The highest BCUT2D eigenvalue weighted by Gasteiger charge is 2.80. The second kappa shape index (κ2) is 32.3. The summed E-state index contributed by atoms with van der Waals surface area (Å²) in [5.74, 6) is 5.16. The highest BCUT2D eigenvalue weighted by molar-refractivity contribution is 6.00. The topological polar surface area (TPSA) is 259 Å². The number of aliphatic hydroxyl groups is 6. The number of carbonyl (C=O) groups excluding carboxylic acids is 7. The Morgan fingerprint density at radius 3 is 1.14 bits per heavy atom. The summed E-state index contributed by atoms with van der Waals surface area (Å²) in [6.45, 7) is 67.1. The fourth-order valence-electron chi connectivity index (χ4n) is 43.9. The van der Waals surface area contributed by atoms with Gasteiger partial charge in [0, 0.05) is 64.8 Å². The van der Waals surface area contributed by atoms with Gasteiger partial charge >= 0.3 is 0 Å². The Balaban J connectivity index is 0.000000125. The van der Waals surface area contributed by atoms with Crippen molar-refractivity contribution in [3.05, 3.63) is 11.8 Å². The maximum atomic E-state index is 14.3. The van der Waals surface area contributed by atoms with E-state index in [4.69, 9.17) is 9.47 Å². The molecule has 0 aromatic rings. The SMILES string of the molecule is CC1(C)CC[C@]2(C=O)CC[C@]3(C)[C@H]([C@H](O)C[C@@H]4[C@@]5(C)CC[C@H](O)C(C)(C)[C@@H]5CC[C@]43C)[C@@H]2C1.CC1(C)CC[C@]2(O)CC[C@]3(C)[C@H](C(=O)C[C@@H]4[C@@]5(C)C/C(=C\O)C(=O)C(C)(C)[C@@H]5CC[C@]43C)[C@@H]2C1.CC1(C)CC[C@]2(OC=O)CC[C@]3(C)[C@H](C(=O)C[C@@H]4[C@@]5(C)CCC(=O)C(C)(C)[C@@H]5CC[C@]43C)[C@@H]2C1.CC1(C)CC[C@]2(OC=O)CC[C@]3(C)[C@H]([C@H](O)C[C@@H]4[C@@]5(C)CC[C@H](O)C(C)(C)[C@@H]5CC[C@]43C)[C@@H]2C1. The van der Waals surface area contributed by atoms with Crippen LogP contribution in [0.1, 0.15) is 444 Å². The van der Waals surface area contributed by atoms with Crippen LogP contribution in [-0.2, 0) is 43.0 Å². The lowest BCUT2D eigenvalue weighted by Crippen LogP contribution is -2.71. The predicted octanol–water partition coefficient (Wildman–Crippen LogP) is 25.5. The molecular formula is C120H192O15. The number of aliphatic hydroxyl groups excluding tert-OH is 5. The van der Waals surface area contributed by atoms with E-state index in [0.29, 0.717) is 103 Å². The molecule has 20 aliphatic carbocycles. The third kappa shape index (κ3) is 14.3. The maximum Gasteiger partial charge on any atom is 0.293 e. The monoisotopic (exact) mass is 1870 g/mol. The molecule has 0 aromatic heterocycles. The second-order valence-electron chi connectivity index (χ2n) is 61.1. The molecule has 0 heterocycles. The van der Waals surface area contributed by atoms with Gasteiger partial charge in [0.25, 0.3) is 12.9 Å². The zero-order chi connectivity index (χ0) is 99.3. The number of aldehydes is 1. The van der Waals surface area contributed by atoms with Gasteiger partial charge < -0.3 is 44.9 Å². The molecule has 0 bridgehead atoms. The zero-order valence-electron chi connectivity index (χ0n) is 90.3. The van der Waals surface area contributed by atoms with Gasteiger partial charge in [0.05, 0.1) is 36.3 Å². The minimum absolute atomic E-state index is 0.0215. The van der Waals surface area contributed by atoms with Crippen LogP contribution in [0.15, 0.2) is 11.8 Å². The molecule has 20 fully saturated rings. The Hall–Kier alpha value is -3.37. The van der Waals surface area contributed by atoms with Crippen LogP contribution in [-0.4, -0.2) is 114 Å². The third-order valence-corrected chi connectivity index (χ3v) is 52.6. The number of carbonyl (C=O) groups is 7. The Morgan fingerprint density at radius 1 is 0.326 bits per heavy atom. The normalized spacial score (nSPS) is 54.2. The highest BCUT2D eigenvalue weighted by atomic mass is 16.5. The third-order valence-electron chi connectivity index (χ3n) is 52.6. The lowest BCUT2D eigenvalue weighted by atomic mass is 9.31. The first kappa shape index (κ1) is 103. The quantitative estimate of drug-likeness (QED) is 0.0850. The molecule has 762 valence electrons. The molecule has 20 saturated carbocycles. The summed E-state index contributed by atoms with van der Waals surface area (Å²) in [4.78, 5) is 90.5. The molecule has 135 heavy (non-hydrogen) atoms. The fourth-order valence-corrected chi connectivity index (χ4v) is 43.9. The van der Waals surface area contributed by atoms with Gasteiger partial charge in [0.2, 0.25) is 0 Å². The molecule has 0 unspecified atom stereocenters. The summed E-state index contributed by atoms with van der Waals surface area (Å²) in [5, 5.41) is 67.5. The minimum Gasteiger partial charge on any atom is -0.515 e. The predicted molar refractivity (Wildman–Crippen MR) is 531 cm³/mol. The van der Waals surface area contributed by atoms with Crippen LogP contribution in [0, 0.1) is 208 Å². The van der Waals surface area contributed by atoms with Crippen molar-refractivity contribution in [3.63, 3.8) is 0 Å². The van der Waals surface area contributed by atoms with Crippen LogP contribution in [0.25, 0.3) is 0 Å². The summed E-state index contributed by atoms with van der Waals surface area (Å²) in [6.07, 6.45) is 38.4. The van der Waals surface area contributed by atoms with Gasteiger partial charge in [-0.25, -0.2) is 0 Å². The molecule has 0 aromatic carbocycles. The minimum atomic E-state index is -0.703. The molecule has 0 radical (unpaired) electrons. The van der Waals surface area contributed by atoms with Gasteiger partial charge in [-0.1, -0.05) is 194 Å². The number of rotatable bonds is 5. The van der Waals surface area contributed by atoms with Crippen LogP contribution in [0.3, 0.4) is 0 Å².